The van der Waals surface area contributed by atoms with E-state index in [1.54, 1.807) is 18.2 Å². The van der Waals surface area contributed by atoms with E-state index < -0.39 is 0 Å². The quantitative estimate of drug-likeness (QED) is 0.869. The van der Waals surface area contributed by atoms with Crippen LogP contribution in [0.15, 0.2) is 18.2 Å². The predicted molar refractivity (Wildman–Crippen MR) is 79.5 cm³/mol. The third-order valence-electron chi connectivity index (χ3n) is 3.80. The molecule has 1 fully saturated rings. The Balaban J connectivity index is 1.90. The van der Waals surface area contributed by atoms with Gasteiger partial charge in [-0.2, -0.15) is 0 Å². The molecule has 0 aromatic heterocycles. The zero-order chi connectivity index (χ0) is 15.2. The largest absolute Gasteiger partial charge is 0.504 e. The average molecular weight is 293 g/mol. The Labute approximate surface area is 125 Å². The van der Waals surface area contributed by atoms with Gasteiger partial charge in [-0.15, -0.1) is 0 Å². The molecule has 1 atom stereocenters. The average Bonchev–Trinajstić information content (AvgIpc) is 2.96. The Bertz CT molecular complexity index is 489. The topological polar surface area (TPSA) is 59.0 Å². The van der Waals surface area contributed by atoms with Gasteiger partial charge in [-0.1, -0.05) is 6.07 Å². The predicted octanol–water partition coefficient (Wildman–Crippen LogP) is 1.83. The number of nitrogens with zero attached hydrogens (tertiary/aromatic N) is 1. The zero-order valence-electron chi connectivity index (χ0n) is 12.7. The normalized spacial score (nSPS) is 18.0. The first-order chi connectivity index (χ1) is 10.1. The summed E-state index contributed by atoms with van der Waals surface area (Å²) in [7, 11) is 1.50. The van der Waals surface area contributed by atoms with E-state index >= 15 is 0 Å². The van der Waals surface area contributed by atoms with Crippen LogP contribution in [-0.2, 0) is 16.0 Å². The highest BCUT2D eigenvalue weighted by atomic mass is 16.5. The van der Waals surface area contributed by atoms with Gasteiger partial charge in [0.05, 0.1) is 20.1 Å². The minimum absolute atomic E-state index is 0.0895. The van der Waals surface area contributed by atoms with E-state index in [4.69, 9.17) is 9.47 Å². The van der Waals surface area contributed by atoms with Crippen LogP contribution in [0.5, 0.6) is 11.5 Å². The molecule has 1 amide bonds. The summed E-state index contributed by atoms with van der Waals surface area (Å²) < 4.78 is 10.5. The summed E-state index contributed by atoms with van der Waals surface area (Å²) in [4.78, 5) is 14.2. The molecule has 0 aliphatic carbocycles. The number of likely N-dealkylation sites (tertiary alicyclic amines) is 1. The molecule has 0 radical (unpaired) electrons. The van der Waals surface area contributed by atoms with Gasteiger partial charge in [0.1, 0.15) is 0 Å². The van der Waals surface area contributed by atoms with Crippen molar-refractivity contribution in [3.8, 4) is 11.5 Å². The molecule has 1 aliphatic rings. The van der Waals surface area contributed by atoms with E-state index in [0.717, 1.165) is 38.3 Å². The van der Waals surface area contributed by atoms with Crippen molar-refractivity contribution in [2.24, 2.45) is 5.92 Å². The molecule has 1 N–H and O–H groups in total. The van der Waals surface area contributed by atoms with Crippen LogP contribution in [0.4, 0.5) is 0 Å². The number of benzene rings is 1. The molecule has 0 bridgehead atoms. The lowest BCUT2D eigenvalue weighted by Crippen LogP contribution is -2.30. The van der Waals surface area contributed by atoms with Gasteiger partial charge in [0.15, 0.2) is 11.5 Å². The van der Waals surface area contributed by atoms with E-state index in [0.29, 0.717) is 18.1 Å². The number of carbonyl (C=O) groups is 1. The van der Waals surface area contributed by atoms with Crippen molar-refractivity contribution in [1.82, 2.24) is 4.90 Å². The number of methoxy groups -OCH3 is 1. The van der Waals surface area contributed by atoms with Crippen LogP contribution in [0.1, 0.15) is 18.9 Å². The van der Waals surface area contributed by atoms with Gasteiger partial charge < -0.3 is 19.5 Å². The van der Waals surface area contributed by atoms with Crippen LogP contribution >= 0.6 is 0 Å². The molecule has 1 unspecified atom stereocenters. The summed E-state index contributed by atoms with van der Waals surface area (Å²) in [6.07, 6.45) is 1.34. The maximum atomic E-state index is 12.3. The van der Waals surface area contributed by atoms with E-state index in [-0.39, 0.29) is 11.7 Å². The van der Waals surface area contributed by atoms with Crippen molar-refractivity contribution in [1.29, 1.82) is 0 Å². The molecule has 1 aromatic rings. The molecule has 21 heavy (non-hydrogen) atoms. The lowest BCUT2D eigenvalue weighted by atomic mass is 10.1. The molecule has 5 heteroatoms. The Morgan fingerprint density at radius 2 is 2.29 bits per heavy atom. The fourth-order valence-corrected chi connectivity index (χ4v) is 2.60. The third-order valence-corrected chi connectivity index (χ3v) is 3.80. The second-order valence-corrected chi connectivity index (χ2v) is 5.34. The van der Waals surface area contributed by atoms with Crippen molar-refractivity contribution in [2.45, 2.75) is 19.8 Å². The number of rotatable bonds is 6. The van der Waals surface area contributed by atoms with Crippen molar-refractivity contribution in [2.75, 3.05) is 33.4 Å². The van der Waals surface area contributed by atoms with Gasteiger partial charge in [0, 0.05) is 25.6 Å². The van der Waals surface area contributed by atoms with Gasteiger partial charge >= 0.3 is 0 Å². The van der Waals surface area contributed by atoms with Crippen molar-refractivity contribution in [3.05, 3.63) is 23.8 Å². The molecule has 1 saturated heterocycles. The Kier molecular flexibility index (Phi) is 5.44. The summed E-state index contributed by atoms with van der Waals surface area (Å²) in [6, 6.07) is 5.02. The first-order valence-corrected chi connectivity index (χ1v) is 7.35. The highest BCUT2D eigenvalue weighted by Crippen LogP contribution is 2.27. The van der Waals surface area contributed by atoms with E-state index in [1.165, 1.54) is 7.11 Å². The number of phenols is 1. The number of carbonyl (C=O) groups excluding carboxylic acids is 1. The van der Waals surface area contributed by atoms with E-state index in [2.05, 4.69) is 0 Å². The molecular weight excluding hydrogens is 270 g/mol. The Morgan fingerprint density at radius 1 is 1.48 bits per heavy atom. The molecule has 1 aromatic carbocycles. The molecule has 1 heterocycles. The third kappa shape index (κ3) is 4.11. The Morgan fingerprint density at radius 3 is 3.00 bits per heavy atom. The lowest BCUT2D eigenvalue weighted by molar-refractivity contribution is -0.129. The van der Waals surface area contributed by atoms with E-state index in [9.17, 15) is 9.90 Å². The van der Waals surface area contributed by atoms with E-state index in [1.807, 2.05) is 11.8 Å². The van der Waals surface area contributed by atoms with Gasteiger partial charge in [-0.3, -0.25) is 4.79 Å². The number of phenolic OH excluding ortho intramolecular Hbond substituents is 1. The summed E-state index contributed by atoms with van der Waals surface area (Å²) in [5, 5.41) is 9.56. The van der Waals surface area contributed by atoms with Crippen molar-refractivity contribution < 1.29 is 19.4 Å². The second-order valence-electron chi connectivity index (χ2n) is 5.34. The maximum absolute atomic E-state index is 12.3. The van der Waals surface area contributed by atoms with Crippen LogP contribution in [0.3, 0.4) is 0 Å². The van der Waals surface area contributed by atoms with Gasteiger partial charge in [0.25, 0.3) is 0 Å². The lowest BCUT2D eigenvalue weighted by Gasteiger charge is -2.17. The standard InChI is InChI=1S/C16H23NO4/c1-3-21-11-13-6-7-17(10-13)16(19)9-12-4-5-14(18)15(8-12)20-2/h4-5,8,13,18H,3,6-7,9-11H2,1-2H3. The zero-order valence-corrected chi connectivity index (χ0v) is 12.7. The number of hydrogen-bond donors (Lipinski definition) is 1. The second kappa shape index (κ2) is 7.31. The SMILES string of the molecule is CCOCC1CCN(C(=O)Cc2ccc(O)c(OC)c2)C1. The monoisotopic (exact) mass is 293 g/mol. The summed E-state index contributed by atoms with van der Waals surface area (Å²) in [6.45, 7) is 5.00. The summed E-state index contributed by atoms with van der Waals surface area (Å²) in [5.41, 5.74) is 0.850. The fraction of sp³-hybridized carbons (Fsp3) is 0.562. The van der Waals surface area contributed by atoms with Gasteiger partial charge in [-0.25, -0.2) is 0 Å². The first kappa shape index (κ1) is 15.6. The smallest absolute Gasteiger partial charge is 0.227 e. The number of amides is 1. The van der Waals surface area contributed by atoms with Crippen LogP contribution < -0.4 is 4.74 Å². The minimum Gasteiger partial charge on any atom is -0.504 e. The van der Waals surface area contributed by atoms with Crippen LogP contribution in [0.2, 0.25) is 0 Å². The van der Waals surface area contributed by atoms with Gasteiger partial charge in [-0.05, 0) is 31.0 Å². The van der Waals surface area contributed by atoms with Crippen molar-refractivity contribution >= 4 is 5.91 Å². The minimum atomic E-state index is 0.0895. The van der Waals surface area contributed by atoms with Crippen molar-refractivity contribution in [3.63, 3.8) is 0 Å². The molecular formula is C16H23NO4. The highest BCUT2D eigenvalue weighted by Gasteiger charge is 2.26. The number of hydrogen-bond acceptors (Lipinski definition) is 4. The summed E-state index contributed by atoms with van der Waals surface area (Å²) >= 11 is 0. The fourth-order valence-electron chi connectivity index (χ4n) is 2.60. The van der Waals surface area contributed by atoms with Crippen LogP contribution in [0, 0.1) is 5.92 Å². The van der Waals surface area contributed by atoms with Crippen LogP contribution in [0.25, 0.3) is 0 Å². The summed E-state index contributed by atoms with van der Waals surface area (Å²) in [5.74, 6) is 1.05. The molecule has 0 saturated carbocycles. The molecule has 2 rings (SSSR count). The van der Waals surface area contributed by atoms with Crippen LogP contribution in [-0.4, -0.2) is 49.3 Å². The molecule has 1 aliphatic heterocycles. The Hall–Kier alpha value is -1.75. The first-order valence-electron chi connectivity index (χ1n) is 7.35. The maximum Gasteiger partial charge on any atom is 0.227 e. The highest BCUT2D eigenvalue weighted by molar-refractivity contribution is 5.79. The van der Waals surface area contributed by atoms with Gasteiger partial charge in [0.2, 0.25) is 5.91 Å². The molecule has 5 nitrogen and oxygen atoms in total. The number of aromatic hydroxyl groups is 1. The molecule has 0 spiro atoms. The molecule has 116 valence electrons. The number of ether oxygens (including phenoxy) is 2.